The Balaban J connectivity index is 1.48. The van der Waals surface area contributed by atoms with Gasteiger partial charge in [-0.25, -0.2) is 0 Å². The Kier molecular flexibility index (Phi) is 5.11. The predicted molar refractivity (Wildman–Crippen MR) is 118 cm³/mol. The van der Waals surface area contributed by atoms with Crippen molar-refractivity contribution in [2.75, 3.05) is 60.9 Å². The molecule has 0 N–H and O–H groups in total. The van der Waals surface area contributed by atoms with Gasteiger partial charge in [0, 0.05) is 52.7 Å². The lowest BCUT2D eigenvalue weighted by Gasteiger charge is -2.28. The van der Waals surface area contributed by atoms with Gasteiger partial charge < -0.3 is 19.6 Å². The van der Waals surface area contributed by atoms with Crippen molar-refractivity contribution in [3.63, 3.8) is 0 Å². The van der Waals surface area contributed by atoms with Crippen LogP contribution in [0.4, 0.5) is 28.4 Å². The molecule has 0 aliphatic carbocycles. The van der Waals surface area contributed by atoms with E-state index in [4.69, 9.17) is 0 Å². The molecule has 2 aliphatic rings. The van der Waals surface area contributed by atoms with Crippen LogP contribution in [0.5, 0.6) is 0 Å². The van der Waals surface area contributed by atoms with Crippen LogP contribution in [0.15, 0.2) is 52.7 Å². The summed E-state index contributed by atoms with van der Waals surface area (Å²) in [6.07, 6.45) is 3.80. The van der Waals surface area contributed by atoms with Gasteiger partial charge in [-0.05, 0) is 61.7 Å². The second kappa shape index (κ2) is 7.70. The lowest BCUT2D eigenvalue weighted by atomic mass is 10.1. The van der Waals surface area contributed by atoms with Crippen LogP contribution in [0.25, 0.3) is 0 Å². The van der Waals surface area contributed by atoms with E-state index in [0.29, 0.717) is 0 Å². The van der Waals surface area contributed by atoms with E-state index >= 15 is 0 Å². The maximum absolute atomic E-state index is 4.64. The van der Waals surface area contributed by atoms with Gasteiger partial charge in [0.15, 0.2) is 0 Å². The van der Waals surface area contributed by atoms with Gasteiger partial charge in [0.05, 0.1) is 17.1 Å². The Bertz CT molecular complexity index is 839. The fourth-order valence-corrected chi connectivity index (χ4v) is 4.03. The standard InChI is InChI=1S/C22H30N6/c1-25(2)19-12-13-20-21(16-19)27(4)22(26(20)3)24-23-17-8-10-18(11-9-17)28-14-6-5-7-15-28/h8-13,16,22H,5-7,14-15H2,1-4H3. The summed E-state index contributed by atoms with van der Waals surface area (Å²) >= 11 is 0. The molecule has 2 aromatic carbocycles. The Morgan fingerprint density at radius 2 is 1.54 bits per heavy atom. The molecule has 0 amide bonds. The maximum atomic E-state index is 4.64. The van der Waals surface area contributed by atoms with Gasteiger partial charge in [0.25, 0.3) is 0 Å². The van der Waals surface area contributed by atoms with Crippen LogP contribution in [0.3, 0.4) is 0 Å². The van der Waals surface area contributed by atoms with E-state index in [1.165, 1.54) is 42.0 Å². The van der Waals surface area contributed by atoms with Crippen molar-refractivity contribution in [3.05, 3.63) is 42.5 Å². The molecule has 148 valence electrons. The Morgan fingerprint density at radius 1 is 0.857 bits per heavy atom. The molecule has 0 spiro atoms. The predicted octanol–water partition coefficient (Wildman–Crippen LogP) is 4.70. The van der Waals surface area contributed by atoms with Crippen molar-refractivity contribution >= 4 is 28.4 Å². The highest BCUT2D eigenvalue weighted by molar-refractivity contribution is 5.80. The third kappa shape index (κ3) is 3.51. The normalized spacial score (nSPS) is 19.4. The van der Waals surface area contributed by atoms with Crippen LogP contribution in [0, 0.1) is 0 Å². The molecule has 0 aromatic heterocycles. The van der Waals surface area contributed by atoms with Gasteiger partial charge in [0.1, 0.15) is 0 Å². The van der Waals surface area contributed by atoms with Crippen LogP contribution >= 0.6 is 0 Å². The molecule has 1 saturated heterocycles. The van der Waals surface area contributed by atoms with Gasteiger partial charge in [-0.3, -0.25) is 0 Å². The minimum absolute atomic E-state index is 0.130. The molecule has 4 rings (SSSR count). The second-order valence-corrected chi connectivity index (χ2v) is 7.92. The van der Waals surface area contributed by atoms with E-state index in [-0.39, 0.29) is 6.29 Å². The molecular formula is C22H30N6. The topological polar surface area (TPSA) is 37.7 Å². The van der Waals surface area contributed by atoms with E-state index in [1.807, 2.05) is 0 Å². The Hall–Kier alpha value is -2.76. The summed E-state index contributed by atoms with van der Waals surface area (Å²) in [5.74, 6) is 0. The van der Waals surface area contributed by atoms with Crippen LogP contribution in [0.1, 0.15) is 19.3 Å². The van der Waals surface area contributed by atoms with Crippen molar-refractivity contribution in [2.45, 2.75) is 25.6 Å². The first-order valence-electron chi connectivity index (χ1n) is 10.1. The number of fused-ring (bicyclic) bond motifs is 1. The SMILES string of the molecule is CN(C)c1ccc2c(c1)N(C)C(N=Nc1ccc(N3CCCCC3)cc1)N2C. The summed E-state index contributed by atoms with van der Waals surface area (Å²) < 4.78 is 0. The summed E-state index contributed by atoms with van der Waals surface area (Å²) in [6.45, 7) is 2.32. The third-order valence-corrected chi connectivity index (χ3v) is 5.78. The van der Waals surface area contributed by atoms with Crippen LogP contribution < -0.4 is 19.6 Å². The van der Waals surface area contributed by atoms with Gasteiger partial charge in [0.2, 0.25) is 6.29 Å². The highest BCUT2D eigenvalue weighted by atomic mass is 15.5. The molecule has 2 heterocycles. The summed E-state index contributed by atoms with van der Waals surface area (Å²) in [5.41, 5.74) is 5.73. The molecular weight excluding hydrogens is 348 g/mol. The minimum Gasteiger partial charge on any atom is -0.378 e. The zero-order chi connectivity index (χ0) is 19.7. The van der Waals surface area contributed by atoms with Crippen LogP contribution in [0.2, 0.25) is 0 Å². The van der Waals surface area contributed by atoms with Gasteiger partial charge >= 0.3 is 0 Å². The number of piperidine rings is 1. The van der Waals surface area contributed by atoms with Gasteiger partial charge in [-0.2, -0.15) is 5.11 Å². The number of hydrogen-bond acceptors (Lipinski definition) is 6. The lowest BCUT2D eigenvalue weighted by molar-refractivity contribution is 0.578. The number of anilines is 4. The molecule has 0 bridgehead atoms. The molecule has 6 heteroatoms. The molecule has 6 nitrogen and oxygen atoms in total. The molecule has 1 fully saturated rings. The molecule has 2 aliphatic heterocycles. The van der Waals surface area contributed by atoms with Gasteiger partial charge in [-0.1, -0.05) is 0 Å². The van der Waals surface area contributed by atoms with Crippen molar-refractivity contribution in [3.8, 4) is 0 Å². The summed E-state index contributed by atoms with van der Waals surface area (Å²) in [4.78, 5) is 8.92. The number of hydrogen-bond donors (Lipinski definition) is 0. The van der Waals surface area contributed by atoms with E-state index in [2.05, 4.69) is 100 Å². The quantitative estimate of drug-likeness (QED) is 0.723. The first kappa shape index (κ1) is 18.6. The fourth-order valence-electron chi connectivity index (χ4n) is 4.03. The monoisotopic (exact) mass is 378 g/mol. The van der Waals surface area contributed by atoms with Crippen molar-refractivity contribution in [2.24, 2.45) is 10.2 Å². The molecule has 28 heavy (non-hydrogen) atoms. The molecule has 2 aromatic rings. The highest BCUT2D eigenvalue weighted by Crippen LogP contribution is 2.40. The average molecular weight is 379 g/mol. The largest absolute Gasteiger partial charge is 0.378 e. The zero-order valence-electron chi connectivity index (χ0n) is 17.3. The third-order valence-electron chi connectivity index (χ3n) is 5.78. The average Bonchev–Trinajstić information content (AvgIpc) is 2.97. The van der Waals surface area contributed by atoms with Crippen molar-refractivity contribution in [1.82, 2.24) is 0 Å². The summed E-state index contributed by atoms with van der Waals surface area (Å²) in [7, 11) is 8.27. The summed E-state index contributed by atoms with van der Waals surface area (Å²) in [5, 5.41) is 9.17. The molecule has 0 saturated carbocycles. The Morgan fingerprint density at radius 3 is 2.21 bits per heavy atom. The Labute approximate surface area is 168 Å². The molecule has 0 radical (unpaired) electrons. The lowest BCUT2D eigenvalue weighted by Crippen LogP contribution is -2.36. The first-order chi connectivity index (χ1) is 13.5. The van der Waals surface area contributed by atoms with E-state index < -0.39 is 0 Å². The second-order valence-electron chi connectivity index (χ2n) is 7.92. The number of azo groups is 1. The number of nitrogens with zero attached hydrogens (tertiary/aromatic N) is 6. The van der Waals surface area contributed by atoms with Crippen molar-refractivity contribution in [1.29, 1.82) is 0 Å². The van der Waals surface area contributed by atoms with Crippen LogP contribution in [-0.2, 0) is 0 Å². The minimum atomic E-state index is -0.130. The molecule has 1 unspecified atom stereocenters. The van der Waals surface area contributed by atoms with Crippen LogP contribution in [-0.4, -0.2) is 47.6 Å². The first-order valence-corrected chi connectivity index (χ1v) is 10.1. The van der Waals surface area contributed by atoms with Gasteiger partial charge in [-0.15, -0.1) is 5.11 Å². The van der Waals surface area contributed by atoms with E-state index in [1.54, 1.807) is 0 Å². The van der Waals surface area contributed by atoms with E-state index in [0.717, 1.165) is 18.8 Å². The summed E-state index contributed by atoms with van der Waals surface area (Å²) in [6, 6.07) is 15.0. The molecule has 1 atom stereocenters. The van der Waals surface area contributed by atoms with E-state index in [9.17, 15) is 0 Å². The smallest absolute Gasteiger partial charge is 0.218 e. The number of benzene rings is 2. The number of rotatable bonds is 4. The highest BCUT2D eigenvalue weighted by Gasteiger charge is 2.31. The fraction of sp³-hybridized carbons (Fsp3) is 0.455. The van der Waals surface area contributed by atoms with Crippen molar-refractivity contribution < 1.29 is 0 Å². The maximum Gasteiger partial charge on any atom is 0.218 e. The zero-order valence-corrected chi connectivity index (χ0v) is 17.3.